The molecule has 0 saturated heterocycles. The van der Waals surface area contributed by atoms with Crippen LogP contribution in [0.15, 0.2) is 66.7 Å². The van der Waals surface area contributed by atoms with Gasteiger partial charge in [-0.1, -0.05) is 65.2 Å². The SMILES string of the molecule is Cc1cc(C)c(NC(=O)c2sc3nc(-c4ccc(Cl)cc4)cc(-c4ccc(Cl)cc4)c3c2N)c(C)c1. The van der Waals surface area contributed by atoms with Crippen molar-refractivity contribution in [1.82, 2.24) is 4.98 Å². The number of nitrogens with zero attached hydrogens (tertiary/aromatic N) is 1. The van der Waals surface area contributed by atoms with E-state index >= 15 is 0 Å². The van der Waals surface area contributed by atoms with Gasteiger partial charge in [0.25, 0.3) is 5.91 Å². The summed E-state index contributed by atoms with van der Waals surface area (Å²) < 4.78 is 0. The molecule has 0 aliphatic rings. The Labute approximate surface area is 223 Å². The van der Waals surface area contributed by atoms with E-state index in [0.29, 0.717) is 25.4 Å². The van der Waals surface area contributed by atoms with E-state index in [1.165, 1.54) is 11.3 Å². The van der Waals surface area contributed by atoms with Crippen LogP contribution in [0.5, 0.6) is 0 Å². The third kappa shape index (κ3) is 4.58. The standard InChI is InChI=1S/C29H23Cl2N3OS/c1-15-12-16(2)26(17(3)13-15)34-28(35)27-25(32)24-22(18-4-8-20(30)9-5-18)14-23(33-29(24)36-27)19-6-10-21(31)11-7-19/h4-14H,32H2,1-3H3,(H,34,35). The molecule has 1 amide bonds. The lowest BCUT2D eigenvalue weighted by Gasteiger charge is -2.12. The molecule has 3 aromatic carbocycles. The lowest BCUT2D eigenvalue weighted by Crippen LogP contribution is -2.14. The molecule has 0 bridgehead atoms. The Morgan fingerprint density at radius 2 is 1.42 bits per heavy atom. The molecule has 180 valence electrons. The Hall–Kier alpha value is -3.38. The summed E-state index contributed by atoms with van der Waals surface area (Å²) in [6.45, 7) is 6.02. The number of hydrogen-bond acceptors (Lipinski definition) is 4. The van der Waals surface area contributed by atoms with E-state index in [2.05, 4.69) is 17.4 Å². The minimum atomic E-state index is -0.249. The molecule has 0 saturated carbocycles. The zero-order valence-electron chi connectivity index (χ0n) is 19.9. The minimum Gasteiger partial charge on any atom is -0.397 e. The quantitative estimate of drug-likeness (QED) is 0.243. The number of thiophene rings is 1. The fraction of sp³-hybridized carbons (Fsp3) is 0.103. The normalized spacial score (nSPS) is 11.1. The molecule has 5 aromatic rings. The molecule has 0 unspecified atom stereocenters. The summed E-state index contributed by atoms with van der Waals surface area (Å²) in [5.41, 5.74) is 14.5. The predicted molar refractivity (Wildman–Crippen MR) is 154 cm³/mol. The molecule has 3 N–H and O–H groups in total. The smallest absolute Gasteiger partial charge is 0.267 e. The lowest BCUT2D eigenvalue weighted by atomic mass is 9.99. The van der Waals surface area contributed by atoms with Crippen LogP contribution >= 0.6 is 34.5 Å². The largest absolute Gasteiger partial charge is 0.397 e. The molecule has 0 radical (unpaired) electrons. The number of rotatable bonds is 4. The maximum atomic E-state index is 13.4. The van der Waals surface area contributed by atoms with E-state index in [1.807, 2.05) is 75.4 Å². The van der Waals surface area contributed by atoms with E-state index in [4.69, 9.17) is 33.9 Å². The molecular formula is C29H23Cl2N3OS. The van der Waals surface area contributed by atoms with Crippen LogP contribution in [-0.2, 0) is 0 Å². The number of aromatic nitrogens is 1. The Balaban J connectivity index is 1.67. The third-order valence-corrected chi connectivity index (χ3v) is 7.72. The average molecular weight is 532 g/mol. The molecule has 0 fully saturated rings. The van der Waals surface area contributed by atoms with Crippen LogP contribution in [0.25, 0.3) is 32.6 Å². The number of aryl methyl sites for hydroxylation is 3. The number of nitrogens with one attached hydrogen (secondary N) is 1. The van der Waals surface area contributed by atoms with Crippen molar-refractivity contribution in [3.8, 4) is 22.4 Å². The highest BCUT2D eigenvalue weighted by Crippen LogP contribution is 2.42. The van der Waals surface area contributed by atoms with Gasteiger partial charge in [0.05, 0.1) is 11.4 Å². The summed E-state index contributed by atoms with van der Waals surface area (Å²) in [5, 5.41) is 5.12. The van der Waals surface area contributed by atoms with Crippen molar-refractivity contribution < 1.29 is 4.79 Å². The molecule has 4 nitrogen and oxygen atoms in total. The van der Waals surface area contributed by atoms with Gasteiger partial charge in [0, 0.05) is 26.7 Å². The van der Waals surface area contributed by atoms with Gasteiger partial charge in [0.2, 0.25) is 0 Å². The monoisotopic (exact) mass is 531 g/mol. The van der Waals surface area contributed by atoms with Gasteiger partial charge >= 0.3 is 0 Å². The van der Waals surface area contributed by atoms with Gasteiger partial charge in [-0.3, -0.25) is 4.79 Å². The number of benzene rings is 3. The van der Waals surface area contributed by atoms with Gasteiger partial charge in [-0.2, -0.15) is 0 Å². The zero-order chi connectivity index (χ0) is 25.6. The van der Waals surface area contributed by atoms with Crippen LogP contribution in [-0.4, -0.2) is 10.9 Å². The molecule has 2 heterocycles. The highest BCUT2D eigenvalue weighted by Gasteiger charge is 2.22. The molecule has 2 aromatic heterocycles. The molecule has 0 aliphatic carbocycles. The van der Waals surface area contributed by atoms with Crippen molar-refractivity contribution in [3.63, 3.8) is 0 Å². The molecule has 5 rings (SSSR count). The number of fused-ring (bicyclic) bond motifs is 1. The first-order valence-electron chi connectivity index (χ1n) is 11.4. The molecule has 0 spiro atoms. The topological polar surface area (TPSA) is 68.0 Å². The van der Waals surface area contributed by atoms with Crippen molar-refractivity contribution >= 4 is 62.0 Å². The van der Waals surface area contributed by atoms with Gasteiger partial charge in [0.15, 0.2) is 0 Å². The van der Waals surface area contributed by atoms with Gasteiger partial charge in [-0.05, 0) is 73.4 Å². The van der Waals surface area contributed by atoms with Crippen molar-refractivity contribution in [2.45, 2.75) is 20.8 Å². The highest BCUT2D eigenvalue weighted by atomic mass is 35.5. The number of anilines is 2. The van der Waals surface area contributed by atoms with E-state index in [0.717, 1.165) is 50.1 Å². The molecule has 36 heavy (non-hydrogen) atoms. The Kier molecular flexibility index (Phi) is 6.47. The van der Waals surface area contributed by atoms with Crippen molar-refractivity contribution in [1.29, 1.82) is 0 Å². The van der Waals surface area contributed by atoms with Gasteiger partial charge < -0.3 is 11.1 Å². The van der Waals surface area contributed by atoms with E-state index in [-0.39, 0.29) is 5.91 Å². The fourth-order valence-corrected chi connectivity index (χ4v) is 5.73. The lowest BCUT2D eigenvalue weighted by molar-refractivity contribution is 0.103. The molecule has 0 aliphatic heterocycles. The van der Waals surface area contributed by atoms with Crippen LogP contribution in [0, 0.1) is 20.8 Å². The summed E-state index contributed by atoms with van der Waals surface area (Å²) in [4.78, 5) is 19.4. The van der Waals surface area contributed by atoms with E-state index in [1.54, 1.807) is 0 Å². The summed E-state index contributed by atoms with van der Waals surface area (Å²) >= 11 is 13.5. The second kappa shape index (κ2) is 9.58. The van der Waals surface area contributed by atoms with Crippen LogP contribution in [0.2, 0.25) is 10.0 Å². The number of pyridine rings is 1. The Morgan fingerprint density at radius 3 is 2.00 bits per heavy atom. The number of halogens is 2. The number of hydrogen-bond donors (Lipinski definition) is 2. The second-order valence-corrected chi connectivity index (χ2v) is 10.7. The summed E-state index contributed by atoms with van der Waals surface area (Å²) in [7, 11) is 0. The van der Waals surface area contributed by atoms with Gasteiger partial charge in [-0.25, -0.2) is 4.98 Å². The number of nitrogen functional groups attached to an aromatic ring is 1. The van der Waals surface area contributed by atoms with Crippen molar-refractivity contribution in [3.05, 3.63) is 98.3 Å². The highest BCUT2D eigenvalue weighted by molar-refractivity contribution is 7.21. The van der Waals surface area contributed by atoms with Crippen LogP contribution in [0.4, 0.5) is 11.4 Å². The Bertz CT molecular complexity index is 1600. The van der Waals surface area contributed by atoms with Gasteiger partial charge in [0.1, 0.15) is 9.71 Å². The third-order valence-electron chi connectivity index (χ3n) is 6.12. The molecule has 0 atom stereocenters. The van der Waals surface area contributed by atoms with Crippen molar-refractivity contribution in [2.75, 3.05) is 11.1 Å². The first-order chi connectivity index (χ1) is 17.2. The maximum Gasteiger partial charge on any atom is 0.267 e. The maximum absolute atomic E-state index is 13.4. The van der Waals surface area contributed by atoms with Gasteiger partial charge in [-0.15, -0.1) is 11.3 Å². The number of carbonyl (C=O) groups is 1. The number of amides is 1. The average Bonchev–Trinajstić information content (AvgIpc) is 3.18. The summed E-state index contributed by atoms with van der Waals surface area (Å²) in [5.74, 6) is -0.249. The van der Waals surface area contributed by atoms with Crippen molar-refractivity contribution in [2.24, 2.45) is 0 Å². The minimum absolute atomic E-state index is 0.249. The Morgan fingerprint density at radius 1 is 0.861 bits per heavy atom. The van der Waals surface area contributed by atoms with E-state index in [9.17, 15) is 4.79 Å². The van der Waals surface area contributed by atoms with Crippen LogP contribution < -0.4 is 11.1 Å². The molecule has 7 heteroatoms. The fourth-order valence-electron chi connectivity index (χ4n) is 4.46. The number of nitrogens with two attached hydrogens (primary N) is 1. The second-order valence-electron chi connectivity index (χ2n) is 8.82. The zero-order valence-corrected chi connectivity index (χ0v) is 22.3. The van der Waals surface area contributed by atoms with Crippen LogP contribution in [0.3, 0.4) is 0 Å². The molecular weight excluding hydrogens is 509 g/mol. The van der Waals surface area contributed by atoms with Crippen LogP contribution in [0.1, 0.15) is 26.4 Å². The summed E-state index contributed by atoms with van der Waals surface area (Å²) in [6.07, 6.45) is 0. The predicted octanol–water partition coefficient (Wildman–Crippen LogP) is 8.70. The first-order valence-corrected chi connectivity index (χ1v) is 12.9. The summed E-state index contributed by atoms with van der Waals surface area (Å²) in [6, 6.07) is 21.2. The first kappa shape index (κ1) is 24.3. The van der Waals surface area contributed by atoms with E-state index < -0.39 is 0 Å². The number of carbonyl (C=O) groups excluding carboxylic acids is 1.